The summed E-state index contributed by atoms with van der Waals surface area (Å²) >= 11 is 6.26. The quantitative estimate of drug-likeness (QED) is 0.259. The summed E-state index contributed by atoms with van der Waals surface area (Å²) in [7, 11) is -4.09. The molecule has 36 heavy (non-hydrogen) atoms. The van der Waals surface area contributed by atoms with Crippen LogP contribution in [0.15, 0.2) is 88.9 Å². The van der Waals surface area contributed by atoms with E-state index in [0.29, 0.717) is 10.6 Å². The molecule has 0 aliphatic carbocycles. The van der Waals surface area contributed by atoms with Crippen molar-refractivity contribution < 1.29 is 18.3 Å². The van der Waals surface area contributed by atoms with Gasteiger partial charge in [-0.05, 0) is 60.5 Å². The number of sulfonamides is 1. The Morgan fingerprint density at radius 2 is 1.75 bits per heavy atom. The van der Waals surface area contributed by atoms with E-state index in [0.717, 1.165) is 26.2 Å². The van der Waals surface area contributed by atoms with E-state index in [-0.39, 0.29) is 16.3 Å². The molecule has 0 saturated carbocycles. The van der Waals surface area contributed by atoms with Gasteiger partial charge in [-0.1, -0.05) is 65.7 Å². The maximum atomic E-state index is 13.5. The third kappa shape index (κ3) is 5.35. The predicted molar refractivity (Wildman–Crippen MR) is 143 cm³/mol. The molecule has 4 aromatic rings. The molecule has 4 rings (SSSR count). The number of amides is 1. The van der Waals surface area contributed by atoms with Gasteiger partial charge in [-0.2, -0.15) is 5.10 Å². The van der Waals surface area contributed by atoms with E-state index in [1.54, 1.807) is 43.3 Å². The Hall–Kier alpha value is -3.88. The van der Waals surface area contributed by atoms with Crippen LogP contribution < -0.4 is 9.73 Å². The SMILES string of the molecule is Cc1ccc(S(=O)(=O)N(CC(=O)N/N=C\c2c(O)ccc3ccccc23)c2ccc(C)c(Cl)c2)cc1. The number of hydrazone groups is 1. The normalized spacial score (nSPS) is 11.6. The number of aryl methyl sites for hydroxylation is 2. The molecule has 0 heterocycles. The molecule has 0 spiro atoms. The Morgan fingerprint density at radius 1 is 1.03 bits per heavy atom. The first kappa shape index (κ1) is 25.2. The average Bonchev–Trinajstić information content (AvgIpc) is 2.86. The maximum absolute atomic E-state index is 13.5. The standard InChI is InChI=1S/C27H24ClN3O4S/c1-18-7-12-22(13-8-18)36(34,35)31(21-11-9-19(2)25(28)15-21)17-27(33)30-29-16-24-23-6-4-3-5-20(23)10-14-26(24)32/h3-16,32H,17H2,1-2H3,(H,30,33)/b29-16-. The minimum Gasteiger partial charge on any atom is -0.507 e. The fourth-order valence-corrected chi connectivity index (χ4v) is 5.23. The minimum absolute atomic E-state index is 0.00423. The van der Waals surface area contributed by atoms with Gasteiger partial charge in [0.05, 0.1) is 16.8 Å². The number of benzene rings is 4. The molecule has 0 radical (unpaired) electrons. The van der Waals surface area contributed by atoms with Gasteiger partial charge in [-0.25, -0.2) is 13.8 Å². The highest BCUT2D eigenvalue weighted by molar-refractivity contribution is 7.92. The summed E-state index contributed by atoms with van der Waals surface area (Å²) < 4.78 is 28.0. The van der Waals surface area contributed by atoms with Crippen LogP contribution in [0.25, 0.3) is 10.8 Å². The monoisotopic (exact) mass is 521 g/mol. The molecule has 0 aliphatic rings. The molecular weight excluding hydrogens is 498 g/mol. The van der Waals surface area contributed by atoms with Crippen molar-refractivity contribution in [2.45, 2.75) is 18.7 Å². The Balaban J connectivity index is 1.62. The zero-order valence-corrected chi connectivity index (χ0v) is 21.2. The Kier molecular flexibility index (Phi) is 7.28. The lowest BCUT2D eigenvalue weighted by Crippen LogP contribution is -2.39. The number of hydrogen-bond donors (Lipinski definition) is 2. The molecule has 0 bridgehead atoms. The van der Waals surface area contributed by atoms with Gasteiger partial charge in [-0.15, -0.1) is 0 Å². The third-order valence-corrected chi connectivity index (χ3v) is 7.87. The zero-order valence-electron chi connectivity index (χ0n) is 19.6. The van der Waals surface area contributed by atoms with Gasteiger partial charge in [0.1, 0.15) is 12.3 Å². The summed E-state index contributed by atoms with van der Waals surface area (Å²) in [5, 5.41) is 16.3. The van der Waals surface area contributed by atoms with Gasteiger partial charge in [-0.3, -0.25) is 9.10 Å². The van der Waals surface area contributed by atoms with Crippen LogP contribution >= 0.6 is 11.6 Å². The summed E-state index contributed by atoms with van der Waals surface area (Å²) in [5.41, 5.74) is 4.72. The second-order valence-electron chi connectivity index (χ2n) is 8.27. The van der Waals surface area contributed by atoms with Crippen LogP contribution in [0.1, 0.15) is 16.7 Å². The largest absolute Gasteiger partial charge is 0.507 e. The van der Waals surface area contributed by atoms with Gasteiger partial charge in [0.25, 0.3) is 15.9 Å². The number of aromatic hydroxyl groups is 1. The molecule has 9 heteroatoms. The molecule has 0 aliphatic heterocycles. The van der Waals surface area contributed by atoms with Crippen molar-refractivity contribution in [3.63, 3.8) is 0 Å². The highest BCUT2D eigenvalue weighted by atomic mass is 35.5. The number of nitrogens with one attached hydrogen (secondary N) is 1. The van der Waals surface area contributed by atoms with Crippen LogP contribution in [0.2, 0.25) is 5.02 Å². The van der Waals surface area contributed by atoms with Crippen LogP contribution in [-0.4, -0.2) is 32.2 Å². The van der Waals surface area contributed by atoms with Gasteiger partial charge in [0.2, 0.25) is 0 Å². The smallest absolute Gasteiger partial charge is 0.264 e. The molecule has 0 unspecified atom stereocenters. The topological polar surface area (TPSA) is 99.1 Å². The number of phenols is 1. The van der Waals surface area contributed by atoms with Crippen LogP contribution in [0.3, 0.4) is 0 Å². The molecule has 7 nitrogen and oxygen atoms in total. The number of hydrogen-bond acceptors (Lipinski definition) is 5. The third-order valence-electron chi connectivity index (χ3n) is 5.67. The highest BCUT2D eigenvalue weighted by Crippen LogP contribution is 2.28. The van der Waals surface area contributed by atoms with Gasteiger partial charge < -0.3 is 5.11 Å². The summed E-state index contributed by atoms with van der Waals surface area (Å²) in [5.74, 6) is -0.664. The molecule has 4 aromatic carbocycles. The van der Waals surface area contributed by atoms with Crippen molar-refractivity contribution in [2.24, 2.45) is 5.10 Å². The molecule has 0 aromatic heterocycles. The summed E-state index contributed by atoms with van der Waals surface area (Å²) in [6, 6.07) is 21.9. The summed E-state index contributed by atoms with van der Waals surface area (Å²) in [4.78, 5) is 12.9. The van der Waals surface area contributed by atoms with Crippen molar-refractivity contribution in [2.75, 3.05) is 10.8 Å². The number of anilines is 1. The first-order valence-electron chi connectivity index (χ1n) is 11.0. The highest BCUT2D eigenvalue weighted by Gasteiger charge is 2.27. The first-order valence-corrected chi connectivity index (χ1v) is 12.9. The number of carbonyl (C=O) groups is 1. The fourth-order valence-electron chi connectivity index (χ4n) is 3.64. The van der Waals surface area contributed by atoms with Crippen molar-refractivity contribution in [1.82, 2.24) is 5.43 Å². The lowest BCUT2D eigenvalue weighted by Gasteiger charge is -2.24. The number of phenolic OH excluding ortho intramolecular Hbond substituents is 1. The Labute approximate surface area is 214 Å². The van der Waals surface area contributed by atoms with Crippen LogP contribution in [-0.2, 0) is 14.8 Å². The zero-order chi connectivity index (χ0) is 25.9. The molecule has 0 atom stereocenters. The van der Waals surface area contributed by atoms with Crippen molar-refractivity contribution >= 4 is 50.2 Å². The van der Waals surface area contributed by atoms with Gasteiger partial charge in [0.15, 0.2) is 0 Å². The predicted octanol–water partition coefficient (Wildman–Crippen LogP) is 5.16. The minimum atomic E-state index is -4.09. The fraction of sp³-hybridized carbons (Fsp3) is 0.111. The van der Waals surface area contributed by atoms with E-state index >= 15 is 0 Å². The molecule has 2 N–H and O–H groups in total. The first-order chi connectivity index (χ1) is 17.2. The average molecular weight is 522 g/mol. The van der Waals surface area contributed by atoms with Crippen molar-refractivity contribution in [1.29, 1.82) is 0 Å². The van der Waals surface area contributed by atoms with E-state index < -0.39 is 22.5 Å². The van der Waals surface area contributed by atoms with Crippen molar-refractivity contribution in [3.05, 3.63) is 101 Å². The van der Waals surface area contributed by atoms with Gasteiger partial charge in [0, 0.05) is 10.6 Å². The Bertz CT molecular complexity index is 1570. The van der Waals surface area contributed by atoms with Crippen molar-refractivity contribution in [3.8, 4) is 5.75 Å². The molecule has 0 saturated heterocycles. The van der Waals surface area contributed by atoms with Crippen LogP contribution in [0, 0.1) is 13.8 Å². The second kappa shape index (κ2) is 10.4. The van der Waals surface area contributed by atoms with E-state index in [1.807, 2.05) is 31.2 Å². The molecular formula is C27H24ClN3O4S. The second-order valence-corrected chi connectivity index (χ2v) is 10.5. The number of nitrogens with zero attached hydrogens (tertiary/aromatic N) is 2. The molecule has 1 amide bonds. The molecule has 0 fully saturated rings. The van der Waals surface area contributed by atoms with E-state index in [1.165, 1.54) is 24.4 Å². The number of carbonyl (C=O) groups excluding carboxylic acids is 1. The summed E-state index contributed by atoms with van der Waals surface area (Å²) in [6.45, 7) is 3.12. The number of rotatable bonds is 7. The maximum Gasteiger partial charge on any atom is 0.264 e. The molecule has 184 valence electrons. The van der Waals surface area contributed by atoms with E-state index in [2.05, 4.69) is 10.5 Å². The summed E-state index contributed by atoms with van der Waals surface area (Å²) in [6.07, 6.45) is 1.33. The number of halogens is 1. The van der Waals surface area contributed by atoms with Crippen LogP contribution in [0.4, 0.5) is 5.69 Å². The van der Waals surface area contributed by atoms with E-state index in [9.17, 15) is 18.3 Å². The lowest BCUT2D eigenvalue weighted by atomic mass is 10.0. The van der Waals surface area contributed by atoms with Gasteiger partial charge >= 0.3 is 0 Å². The van der Waals surface area contributed by atoms with Crippen LogP contribution in [0.5, 0.6) is 5.75 Å². The Morgan fingerprint density at radius 3 is 2.47 bits per heavy atom. The van der Waals surface area contributed by atoms with E-state index in [4.69, 9.17) is 11.6 Å². The lowest BCUT2D eigenvalue weighted by molar-refractivity contribution is -0.119. The number of fused-ring (bicyclic) bond motifs is 1.